The number of para-hydroxylation sites is 1. The maximum Gasteiger partial charge on any atom is 0.243 e. The molecule has 2 atom stereocenters. The first-order valence-corrected chi connectivity index (χ1v) is 7.84. The highest BCUT2D eigenvalue weighted by atomic mass is 16.2. The number of rotatable bonds is 4. The summed E-state index contributed by atoms with van der Waals surface area (Å²) in [4.78, 5) is 34.7. The van der Waals surface area contributed by atoms with Crippen molar-refractivity contribution in [1.29, 1.82) is 0 Å². The molecule has 3 aromatic rings. The van der Waals surface area contributed by atoms with Crippen molar-refractivity contribution in [3.63, 3.8) is 0 Å². The lowest BCUT2D eigenvalue weighted by Gasteiger charge is -2.29. The number of aromatic nitrogens is 3. The number of imidazole rings is 1. The monoisotopic (exact) mass is 323 g/mol. The first-order chi connectivity index (χ1) is 11.7. The minimum atomic E-state index is -0.572. The van der Waals surface area contributed by atoms with E-state index in [1.165, 1.54) is 0 Å². The van der Waals surface area contributed by atoms with Crippen LogP contribution in [0.5, 0.6) is 0 Å². The van der Waals surface area contributed by atoms with Crippen LogP contribution in [0.4, 0.5) is 0 Å². The van der Waals surface area contributed by atoms with Crippen LogP contribution >= 0.6 is 0 Å². The number of piperazine rings is 1. The van der Waals surface area contributed by atoms with Gasteiger partial charge in [-0.15, -0.1) is 0 Å². The van der Waals surface area contributed by atoms with E-state index in [0.29, 0.717) is 12.8 Å². The number of hydrogen-bond acceptors (Lipinski definition) is 3. The summed E-state index contributed by atoms with van der Waals surface area (Å²) in [7, 11) is 0. The first kappa shape index (κ1) is 14.5. The van der Waals surface area contributed by atoms with E-state index in [0.717, 1.165) is 22.2 Å². The second-order valence-corrected chi connectivity index (χ2v) is 5.97. The number of amides is 2. The van der Waals surface area contributed by atoms with Gasteiger partial charge >= 0.3 is 0 Å². The predicted octanol–water partition coefficient (Wildman–Crippen LogP) is 0.659. The Kier molecular flexibility index (Phi) is 3.53. The number of carbonyl (C=O) groups excluding carboxylic acids is 2. The number of fused-ring (bicyclic) bond motifs is 1. The third-order valence-electron chi connectivity index (χ3n) is 4.34. The Hall–Kier alpha value is -3.09. The Morgan fingerprint density at radius 2 is 1.71 bits per heavy atom. The standard InChI is InChI=1S/C17H17N5O2/c23-16-14(5-10-7-19-13-4-2-1-3-12(10)13)21-17(24)15(22-16)6-11-8-18-9-20-11/h1-4,7-9,14-15,19H,5-6H2,(H,18,20)(H,21,24)(H,22,23). The van der Waals surface area contributed by atoms with Crippen LogP contribution in [0.15, 0.2) is 43.0 Å². The van der Waals surface area contributed by atoms with E-state index in [1.807, 2.05) is 30.5 Å². The summed E-state index contributed by atoms with van der Waals surface area (Å²) in [6.07, 6.45) is 5.95. The van der Waals surface area contributed by atoms with Gasteiger partial charge in [0.15, 0.2) is 0 Å². The van der Waals surface area contributed by atoms with Gasteiger partial charge in [-0.05, 0) is 11.6 Å². The first-order valence-electron chi connectivity index (χ1n) is 7.84. The SMILES string of the molecule is O=C1NC(Cc2c[nH]c3ccccc23)C(=O)NC1Cc1cnc[nH]1. The van der Waals surface area contributed by atoms with Gasteiger partial charge in [0, 0.05) is 41.8 Å². The molecule has 0 saturated carbocycles. The van der Waals surface area contributed by atoms with Crippen molar-refractivity contribution in [3.05, 3.63) is 54.2 Å². The van der Waals surface area contributed by atoms with E-state index in [9.17, 15) is 9.59 Å². The molecule has 24 heavy (non-hydrogen) atoms. The zero-order valence-electron chi connectivity index (χ0n) is 12.9. The molecule has 2 amide bonds. The number of carbonyl (C=O) groups is 2. The molecular weight excluding hydrogens is 306 g/mol. The zero-order valence-corrected chi connectivity index (χ0v) is 12.9. The number of nitrogens with one attached hydrogen (secondary N) is 4. The van der Waals surface area contributed by atoms with Crippen molar-refractivity contribution in [2.75, 3.05) is 0 Å². The number of H-pyrrole nitrogens is 2. The molecule has 3 heterocycles. The fraction of sp³-hybridized carbons (Fsp3) is 0.235. The van der Waals surface area contributed by atoms with Crippen LogP contribution in [0.25, 0.3) is 10.9 Å². The largest absolute Gasteiger partial charge is 0.361 e. The van der Waals surface area contributed by atoms with E-state index in [2.05, 4.69) is 25.6 Å². The minimum absolute atomic E-state index is 0.163. The summed E-state index contributed by atoms with van der Waals surface area (Å²) < 4.78 is 0. The van der Waals surface area contributed by atoms with Crippen LogP contribution in [0.1, 0.15) is 11.3 Å². The van der Waals surface area contributed by atoms with Gasteiger partial charge in [-0.1, -0.05) is 18.2 Å². The van der Waals surface area contributed by atoms with E-state index in [-0.39, 0.29) is 11.8 Å². The Balaban J connectivity index is 1.48. The molecule has 122 valence electrons. The molecule has 2 aromatic heterocycles. The van der Waals surface area contributed by atoms with Gasteiger partial charge in [-0.25, -0.2) is 4.98 Å². The molecule has 0 spiro atoms. The molecular formula is C17H17N5O2. The lowest BCUT2D eigenvalue weighted by atomic mass is 10.00. The molecule has 7 nitrogen and oxygen atoms in total. The quantitative estimate of drug-likeness (QED) is 0.567. The highest BCUT2D eigenvalue weighted by Gasteiger charge is 2.34. The smallest absolute Gasteiger partial charge is 0.243 e. The summed E-state index contributed by atoms with van der Waals surface area (Å²) in [5, 5.41) is 6.71. The van der Waals surface area contributed by atoms with Crippen molar-refractivity contribution in [2.24, 2.45) is 0 Å². The highest BCUT2D eigenvalue weighted by Crippen LogP contribution is 2.20. The normalized spacial score (nSPS) is 20.8. The van der Waals surface area contributed by atoms with Crippen molar-refractivity contribution in [3.8, 4) is 0 Å². The van der Waals surface area contributed by atoms with Crippen molar-refractivity contribution in [1.82, 2.24) is 25.6 Å². The second-order valence-electron chi connectivity index (χ2n) is 5.97. The Bertz CT molecular complexity index is 883. The summed E-state index contributed by atoms with van der Waals surface area (Å²) in [5.41, 5.74) is 2.84. The van der Waals surface area contributed by atoms with Gasteiger partial charge in [-0.3, -0.25) is 9.59 Å². The summed E-state index contributed by atoms with van der Waals surface area (Å²) in [5.74, 6) is -0.335. The molecule has 1 aliphatic heterocycles. The Labute approximate surface area is 137 Å². The summed E-state index contributed by atoms with van der Waals surface area (Å²) >= 11 is 0. The van der Waals surface area contributed by atoms with Crippen molar-refractivity contribution >= 4 is 22.7 Å². The fourth-order valence-corrected chi connectivity index (χ4v) is 3.10. The van der Waals surface area contributed by atoms with E-state index in [1.54, 1.807) is 12.5 Å². The number of hydrogen-bond donors (Lipinski definition) is 4. The summed E-state index contributed by atoms with van der Waals surface area (Å²) in [6, 6.07) is 6.77. The van der Waals surface area contributed by atoms with Gasteiger partial charge in [0.2, 0.25) is 11.8 Å². The van der Waals surface area contributed by atoms with E-state index >= 15 is 0 Å². The van der Waals surface area contributed by atoms with Gasteiger partial charge in [-0.2, -0.15) is 0 Å². The molecule has 0 radical (unpaired) electrons. The molecule has 1 aromatic carbocycles. The fourth-order valence-electron chi connectivity index (χ4n) is 3.10. The van der Waals surface area contributed by atoms with Crippen LogP contribution < -0.4 is 10.6 Å². The van der Waals surface area contributed by atoms with Crippen molar-refractivity contribution in [2.45, 2.75) is 24.9 Å². The zero-order chi connectivity index (χ0) is 16.5. The highest BCUT2D eigenvalue weighted by molar-refractivity contribution is 5.97. The molecule has 0 bridgehead atoms. The van der Waals surface area contributed by atoms with Crippen LogP contribution in [-0.2, 0) is 22.4 Å². The van der Waals surface area contributed by atoms with E-state index < -0.39 is 12.1 Å². The molecule has 2 unspecified atom stereocenters. The number of benzene rings is 1. The third-order valence-corrected chi connectivity index (χ3v) is 4.34. The molecule has 4 rings (SSSR count). The molecule has 1 fully saturated rings. The maximum atomic E-state index is 12.4. The van der Waals surface area contributed by atoms with Gasteiger partial charge in [0.25, 0.3) is 0 Å². The van der Waals surface area contributed by atoms with Crippen LogP contribution in [-0.4, -0.2) is 38.8 Å². The van der Waals surface area contributed by atoms with Gasteiger partial charge < -0.3 is 20.6 Å². The third kappa shape index (κ3) is 2.64. The minimum Gasteiger partial charge on any atom is -0.361 e. The molecule has 4 N–H and O–H groups in total. The average Bonchev–Trinajstić information content (AvgIpc) is 3.22. The van der Waals surface area contributed by atoms with Crippen LogP contribution in [0, 0.1) is 0 Å². The van der Waals surface area contributed by atoms with Crippen LogP contribution in [0.3, 0.4) is 0 Å². The molecule has 1 aliphatic rings. The van der Waals surface area contributed by atoms with E-state index in [4.69, 9.17) is 0 Å². The van der Waals surface area contributed by atoms with Crippen LogP contribution in [0.2, 0.25) is 0 Å². The number of nitrogens with zero attached hydrogens (tertiary/aromatic N) is 1. The van der Waals surface area contributed by atoms with Gasteiger partial charge in [0.1, 0.15) is 12.1 Å². The van der Waals surface area contributed by atoms with Gasteiger partial charge in [0.05, 0.1) is 6.33 Å². The lowest BCUT2D eigenvalue weighted by Crippen LogP contribution is -2.62. The topological polar surface area (TPSA) is 103 Å². The predicted molar refractivity (Wildman–Crippen MR) is 88.2 cm³/mol. The maximum absolute atomic E-state index is 12.4. The molecule has 1 saturated heterocycles. The molecule has 7 heteroatoms. The Morgan fingerprint density at radius 1 is 0.958 bits per heavy atom. The molecule has 0 aliphatic carbocycles. The van der Waals surface area contributed by atoms with Crippen molar-refractivity contribution < 1.29 is 9.59 Å². The second kappa shape index (κ2) is 5.84. The average molecular weight is 323 g/mol. The summed E-state index contributed by atoms with van der Waals surface area (Å²) in [6.45, 7) is 0. The Morgan fingerprint density at radius 3 is 2.46 bits per heavy atom. The number of aromatic amines is 2. The lowest BCUT2D eigenvalue weighted by molar-refractivity contribution is -0.136.